The maximum absolute atomic E-state index is 12.7. The zero-order chi connectivity index (χ0) is 13.9. The molecule has 0 radical (unpaired) electrons. The molecule has 0 amide bonds. The minimum atomic E-state index is -3.78. The number of hydrogen-bond acceptors (Lipinski definition) is 3. The normalized spacial score (nSPS) is 10.7. The van der Waals surface area contributed by atoms with Gasteiger partial charge in [-0.2, -0.15) is 5.26 Å². The molecule has 0 aliphatic rings. The largest absolute Gasteiger partial charge is 0.280 e. The highest BCUT2D eigenvalue weighted by Gasteiger charge is 2.14. The summed E-state index contributed by atoms with van der Waals surface area (Å²) in [7, 11) is -3.78. The zero-order valence-electron chi connectivity index (χ0n) is 9.67. The SMILES string of the molecule is N#Cc1cccc(NS(=O)(=O)c2ccc(F)cc2)c1. The summed E-state index contributed by atoms with van der Waals surface area (Å²) in [6, 6.07) is 12.5. The molecule has 0 aliphatic carbocycles. The molecule has 6 heteroatoms. The third-order valence-electron chi connectivity index (χ3n) is 2.37. The lowest BCUT2D eigenvalue weighted by atomic mass is 10.2. The first kappa shape index (κ1) is 13.1. The number of rotatable bonds is 3. The number of benzene rings is 2. The highest BCUT2D eigenvalue weighted by molar-refractivity contribution is 7.92. The van der Waals surface area contributed by atoms with Crippen molar-refractivity contribution in [2.75, 3.05) is 4.72 Å². The average molecular weight is 276 g/mol. The van der Waals surface area contributed by atoms with Crippen LogP contribution < -0.4 is 4.72 Å². The van der Waals surface area contributed by atoms with Gasteiger partial charge in [0.1, 0.15) is 5.82 Å². The predicted molar refractivity (Wildman–Crippen MR) is 68.4 cm³/mol. The van der Waals surface area contributed by atoms with Gasteiger partial charge in [-0.05, 0) is 42.5 Å². The third kappa shape index (κ3) is 3.09. The Morgan fingerprint density at radius 1 is 1.11 bits per heavy atom. The molecule has 0 aliphatic heterocycles. The van der Waals surface area contributed by atoms with Crippen LogP contribution in [0, 0.1) is 17.1 Å². The van der Waals surface area contributed by atoms with Gasteiger partial charge in [-0.25, -0.2) is 12.8 Å². The molecule has 0 saturated carbocycles. The second kappa shape index (κ2) is 5.08. The van der Waals surface area contributed by atoms with Gasteiger partial charge in [0.05, 0.1) is 22.2 Å². The Hall–Kier alpha value is -2.39. The molecule has 4 nitrogen and oxygen atoms in total. The van der Waals surface area contributed by atoms with Crippen LogP contribution in [0.25, 0.3) is 0 Å². The molecule has 0 heterocycles. The van der Waals surface area contributed by atoms with Crippen LogP contribution in [-0.2, 0) is 10.0 Å². The van der Waals surface area contributed by atoms with Gasteiger partial charge in [-0.1, -0.05) is 6.07 Å². The lowest BCUT2D eigenvalue weighted by molar-refractivity contribution is 0.599. The van der Waals surface area contributed by atoms with Crippen molar-refractivity contribution < 1.29 is 12.8 Å². The first-order valence-corrected chi connectivity index (χ1v) is 6.78. The molecule has 0 aromatic heterocycles. The average Bonchev–Trinajstić information content (AvgIpc) is 2.39. The van der Waals surface area contributed by atoms with E-state index in [-0.39, 0.29) is 10.6 Å². The van der Waals surface area contributed by atoms with Crippen molar-refractivity contribution in [3.63, 3.8) is 0 Å². The molecule has 2 aromatic rings. The number of nitriles is 1. The summed E-state index contributed by atoms with van der Waals surface area (Å²) in [5, 5.41) is 8.74. The first-order chi connectivity index (χ1) is 9.01. The molecule has 19 heavy (non-hydrogen) atoms. The Morgan fingerprint density at radius 3 is 2.42 bits per heavy atom. The Labute approximate surface area is 110 Å². The van der Waals surface area contributed by atoms with Crippen molar-refractivity contribution in [3.05, 3.63) is 59.9 Å². The smallest absolute Gasteiger partial charge is 0.261 e. The van der Waals surface area contributed by atoms with Crippen molar-refractivity contribution >= 4 is 15.7 Å². The van der Waals surface area contributed by atoms with Crippen LogP contribution in [-0.4, -0.2) is 8.42 Å². The Kier molecular flexibility index (Phi) is 3.49. The molecular weight excluding hydrogens is 267 g/mol. The third-order valence-corrected chi connectivity index (χ3v) is 3.77. The van der Waals surface area contributed by atoms with E-state index in [9.17, 15) is 12.8 Å². The van der Waals surface area contributed by atoms with Crippen LogP contribution in [0.15, 0.2) is 53.4 Å². The molecule has 1 N–H and O–H groups in total. The molecule has 0 saturated heterocycles. The fourth-order valence-electron chi connectivity index (χ4n) is 1.48. The minimum absolute atomic E-state index is 0.0451. The van der Waals surface area contributed by atoms with Gasteiger partial charge >= 0.3 is 0 Å². The van der Waals surface area contributed by atoms with E-state index in [4.69, 9.17) is 5.26 Å². The lowest BCUT2D eigenvalue weighted by Gasteiger charge is -2.08. The topological polar surface area (TPSA) is 70.0 Å². The van der Waals surface area contributed by atoms with Crippen LogP contribution in [0.2, 0.25) is 0 Å². The monoisotopic (exact) mass is 276 g/mol. The number of anilines is 1. The Bertz CT molecular complexity index is 734. The number of hydrogen-bond donors (Lipinski definition) is 1. The van der Waals surface area contributed by atoms with Gasteiger partial charge in [-0.3, -0.25) is 4.72 Å². The van der Waals surface area contributed by atoms with Crippen LogP contribution >= 0.6 is 0 Å². The van der Waals surface area contributed by atoms with E-state index < -0.39 is 15.8 Å². The quantitative estimate of drug-likeness (QED) is 0.936. The molecule has 96 valence electrons. The number of sulfonamides is 1. The molecule has 0 fully saturated rings. The summed E-state index contributed by atoms with van der Waals surface area (Å²) in [6.07, 6.45) is 0. The maximum atomic E-state index is 12.7. The van der Waals surface area contributed by atoms with Gasteiger partial charge in [0.25, 0.3) is 10.0 Å². The standard InChI is InChI=1S/C13H9FN2O2S/c14-11-4-6-13(7-5-11)19(17,18)16-12-3-1-2-10(8-12)9-15/h1-8,16H. The minimum Gasteiger partial charge on any atom is -0.280 e. The van der Waals surface area contributed by atoms with Crippen molar-refractivity contribution in [3.8, 4) is 6.07 Å². The van der Waals surface area contributed by atoms with Crippen LogP contribution in [0.1, 0.15) is 5.56 Å². The number of nitrogens with one attached hydrogen (secondary N) is 1. The van der Waals surface area contributed by atoms with E-state index in [2.05, 4.69) is 4.72 Å². The zero-order valence-corrected chi connectivity index (χ0v) is 10.5. The van der Waals surface area contributed by atoms with Gasteiger partial charge in [0, 0.05) is 0 Å². The second-order valence-electron chi connectivity index (χ2n) is 3.75. The molecule has 2 aromatic carbocycles. The van der Waals surface area contributed by atoms with E-state index in [0.29, 0.717) is 5.56 Å². The van der Waals surface area contributed by atoms with Gasteiger partial charge < -0.3 is 0 Å². The fourth-order valence-corrected chi connectivity index (χ4v) is 2.53. The molecular formula is C13H9FN2O2S. The van der Waals surface area contributed by atoms with Crippen molar-refractivity contribution in [2.24, 2.45) is 0 Å². The van der Waals surface area contributed by atoms with E-state index in [1.165, 1.54) is 24.3 Å². The highest BCUT2D eigenvalue weighted by atomic mass is 32.2. The summed E-state index contributed by atoms with van der Waals surface area (Å²) < 4.78 is 39.1. The summed E-state index contributed by atoms with van der Waals surface area (Å²) in [5.74, 6) is -0.509. The summed E-state index contributed by atoms with van der Waals surface area (Å²) in [6.45, 7) is 0. The van der Waals surface area contributed by atoms with E-state index in [1.807, 2.05) is 6.07 Å². The molecule has 0 unspecified atom stereocenters. The van der Waals surface area contributed by atoms with Crippen molar-refractivity contribution in [1.82, 2.24) is 0 Å². The highest BCUT2D eigenvalue weighted by Crippen LogP contribution is 2.17. The van der Waals surface area contributed by atoms with Crippen molar-refractivity contribution in [1.29, 1.82) is 5.26 Å². The first-order valence-electron chi connectivity index (χ1n) is 5.30. The van der Waals surface area contributed by atoms with E-state index in [0.717, 1.165) is 12.1 Å². The van der Waals surface area contributed by atoms with E-state index in [1.54, 1.807) is 12.1 Å². The molecule has 2 rings (SSSR count). The lowest BCUT2D eigenvalue weighted by Crippen LogP contribution is -2.12. The van der Waals surface area contributed by atoms with E-state index >= 15 is 0 Å². The maximum Gasteiger partial charge on any atom is 0.261 e. The number of halogens is 1. The Balaban J connectivity index is 2.31. The predicted octanol–water partition coefficient (Wildman–Crippen LogP) is 2.50. The van der Waals surface area contributed by atoms with Crippen LogP contribution in [0.5, 0.6) is 0 Å². The summed E-state index contributed by atoms with van der Waals surface area (Å²) in [5.41, 5.74) is 0.627. The van der Waals surface area contributed by atoms with Gasteiger partial charge in [-0.15, -0.1) is 0 Å². The summed E-state index contributed by atoms with van der Waals surface area (Å²) in [4.78, 5) is -0.0451. The number of nitrogens with zero attached hydrogens (tertiary/aromatic N) is 1. The Morgan fingerprint density at radius 2 is 1.79 bits per heavy atom. The second-order valence-corrected chi connectivity index (χ2v) is 5.43. The van der Waals surface area contributed by atoms with Crippen LogP contribution in [0.4, 0.5) is 10.1 Å². The molecule has 0 bridgehead atoms. The van der Waals surface area contributed by atoms with Gasteiger partial charge in [0.2, 0.25) is 0 Å². The molecule has 0 atom stereocenters. The van der Waals surface area contributed by atoms with Crippen LogP contribution in [0.3, 0.4) is 0 Å². The van der Waals surface area contributed by atoms with Gasteiger partial charge in [0.15, 0.2) is 0 Å². The summed E-state index contributed by atoms with van der Waals surface area (Å²) >= 11 is 0. The van der Waals surface area contributed by atoms with Crippen molar-refractivity contribution in [2.45, 2.75) is 4.90 Å². The molecule has 0 spiro atoms. The fraction of sp³-hybridized carbons (Fsp3) is 0.